The Morgan fingerprint density at radius 1 is 0.762 bits per heavy atom. The highest BCUT2D eigenvalue weighted by Gasteiger charge is 2.14. The van der Waals surface area contributed by atoms with E-state index in [1.165, 1.54) is 31.5 Å². The van der Waals surface area contributed by atoms with Crippen molar-refractivity contribution in [2.24, 2.45) is 21.7 Å². The van der Waals surface area contributed by atoms with Crippen molar-refractivity contribution in [2.45, 2.75) is 142 Å². The monoisotopic (exact) mass is 613 g/mol. The van der Waals surface area contributed by atoms with E-state index in [0.717, 1.165) is 6.54 Å². The second-order valence-corrected chi connectivity index (χ2v) is 19.8. The van der Waals surface area contributed by atoms with Gasteiger partial charge in [0.1, 0.15) is 20.7 Å². The first-order valence-corrected chi connectivity index (χ1v) is 17.5. The third-order valence-electron chi connectivity index (χ3n) is 4.97. The van der Waals surface area contributed by atoms with E-state index in [2.05, 4.69) is 143 Å². The molecule has 1 unspecified atom stereocenters. The highest BCUT2D eigenvalue weighted by atomic mass is 31.2. The zero-order valence-corrected chi connectivity index (χ0v) is 32.0. The molecule has 0 amide bonds. The van der Waals surface area contributed by atoms with Gasteiger partial charge in [0.2, 0.25) is 6.34 Å². The first-order chi connectivity index (χ1) is 18.4. The molecule has 1 aromatic rings. The predicted octanol–water partition coefficient (Wildman–Crippen LogP) is 9.51. The normalized spacial score (nSPS) is 15.0. The maximum atomic E-state index is 10.3. The molecule has 0 fully saturated rings. The maximum Gasteiger partial charge on any atom is 0.232 e. The van der Waals surface area contributed by atoms with E-state index in [4.69, 9.17) is 4.89 Å². The summed E-state index contributed by atoms with van der Waals surface area (Å²) in [5, 5.41) is 3.22. The lowest BCUT2D eigenvalue weighted by Crippen LogP contribution is -2.14. The topological polar surface area (TPSA) is 75.4 Å². The molecule has 0 saturated carbocycles. The fraction of sp³-hybridized carbons (Fsp3) is 0.806. The molecule has 6 heteroatoms. The van der Waals surface area contributed by atoms with E-state index in [9.17, 15) is 9.46 Å². The highest BCUT2D eigenvalue weighted by Crippen LogP contribution is 2.34. The Morgan fingerprint density at radius 2 is 1.17 bits per heavy atom. The van der Waals surface area contributed by atoms with Crippen molar-refractivity contribution in [1.82, 2.24) is 5.32 Å². The lowest BCUT2D eigenvalue weighted by molar-refractivity contribution is -0.514. The molecule has 250 valence electrons. The minimum atomic E-state index is -4.01. The van der Waals surface area contributed by atoms with Crippen molar-refractivity contribution in [2.75, 3.05) is 25.8 Å². The van der Waals surface area contributed by atoms with Crippen molar-refractivity contribution in [3.05, 3.63) is 35.9 Å². The maximum absolute atomic E-state index is 10.3. The molecule has 0 spiro atoms. The van der Waals surface area contributed by atoms with Crippen molar-refractivity contribution in [1.29, 1.82) is 0 Å². The van der Waals surface area contributed by atoms with Gasteiger partial charge in [0, 0.05) is 6.16 Å². The molecule has 0 radical (unpaired) electrons. The molecule has 0 saturated heterocycles. The van der Waals surface area contributed by atoms with Crippen LogP contribution in [-0.2, 0) is 9.98 Å². The molecule has 42 heavy (non-hydrogen) atoms. The minimum absolute atomic E-state index is 0.0250. The Balaban J connectivity index is -0.000000472. The van der Waals surface area contributed by atoms with Gasteiger partial charge in [-0.25, -0.2) is 0 Å². The summed E-state index contributed by atoms with van der Waals surface area (Å²) >= 11 is 0. The number of nitrogens with one attached hydrogen (secondary N) is 1. The Labute approximate surface area is 263 Å². The third-order valence-corrected chi connectivity index (χ3v) is 5.76. The fourth-order valence-electron chi connectivity index (χ4n) is 2.87. The van der Waals surface area contributed by atoms with Gasteiger partial charge in [0.05, 0.1) is 6.54 Å². The molecule has 2 rings (SSSR count). The van der Waals surface area contributed by atoms with Gasteiger partial charge in [-0.3, -0.25) is 9.89 Å². The standard InChI is InChI=1S/C10H20N2.C10H14.C6H15O3P.2C5H12/c1-10(2,3)5-4-7-12-8-6-11-9-12;1-10(2,3)9-7-5-4-6-8-9;1-6(2,3)4-5-10(7,8)9;2*1-5(2,3)4/h9H,4-8H2,1-3H3;4-8H,1-3H3;4-5H2,1-3H3,(H2,7,8,9);2*1-4H3. The smallest absolute Gasteiger partial charge is 0.232 e. The van der Waals surface area contributed by atoms with Crippen LogP contribution in [-0.4, -0.2) is 41.6 Å². The van der Waals surface area contributed by atoms with Crippen molar-refractivity contribution < 1.29 is 18.9 Å². The second-order valence-electron chi connectivity index (χ2n) is 18.1. The molecule has 5 nitrogen and oxygen atoms in total. The van der Waals surface area contributed by atoms with E-state index < -0.39 is 7.60 Å². The molecule has 2 N–H and O–H groups in total. The van der Waals surface area contributed by atoms with E-state index in [-0.39, 0.29) is 11.6 Å². The zero-order chi connectivity index (χ0) is 34.1. The van der Waals surface area contributed by atoms with Gasteiger partial charge in [-0.1, -0.05) is 148 Å². The van der Waals surface area contributed by atoms with Crippen molar-refractivity contribution in [3.63, 3.8) is 0 Å². The van der Waals surface area contributed by atoms with Crippen molar-refractivity contribution in [3.8, 4) is 0 Å². The molecule has 1 atom stereocenters. The average molecular weight is 613 g/mol. The summed E-state index contributed by atoms with van der Waals surface area (Å²) in [6, 6.07) is 10.6. The van der Waals surface area contributed by atoms with Gasteiger partial charge in [0.15, 0.2) is 0 Å². The summed E-state index contributed by atoms with van der Waals surface area (Å²) in [5.41, 5.74) is 3.16. The summed E-state index contributed by atoms with van der Waals surface area (Å²) in [7, 11) is -4.01. The summed E-state index contributed by atoms with van der Waals surface area (Å²) in [6.45, 7) is 40.4. The van der Waals surface area contributed by atoms with Crippen LogP contribution in [0.2, 0.25) is 0 Å². The Kier molecular flexibility index (Phi) is 21.5. The average Bonchev–Trinajstić information content (AvgIpc) is 3.23. The van der Waals surface area contributed by atoms with Gasteiger partial charge in [0.25, 0.3) is 0 Å². The SMILES string of the molecule is CC(C)(C)C.CC(C)(C)C.CC(C)(C)CCC[N+]1=CNCC1.CC(C)(C)CCP(=O)([O-])O.CC(C)(C)c1ccccc1. The van der Waals surface area contributed by atoms with Crippen LogP contribution in [0.5, 0.6) is 0 Å². The molecular formula is C36H73N2O3P. The number of hydrogen-bond acceptors (Lipinski definition) is 3. The van der Waals surface area contributed by atoms with E-state index in [0.29, 0.717) is 28.1 Å². The Bertz CT molecular complexity index is 846. The van der Waals surface area contributed by atoms with Crippen LogP contribution in [0.3, 0.4) is 0 Å². The van der Waals surface area contributed by atoms with E-state index in [1.54, 1.807) is 0 Å². The van der Waals surface area contributed by atoms with Crippen LogP contribution in [0.15, 0.2) is 30.3 Å². The summed E-state index contributed by atoms with van der Waals surface area (Å²) in [6.07, 6.45) is 5.13. The molecule has 0 bridgehead atoms. The number of hydrogen-bond donors (Lipinski definition) is 2. The molecule has 1 aromatic carbocycles. The molecule has 1 aliphatic heterocycles. The van der Waals surface area contributed by atoms with Crippen LogP contribution >= 0.6 is 7.60 Å². The molecular weight excluding hydrogens is 539 g/mol. The van der Waals surface area contributed by atoms with Crippen LogP contribution < -0.4 is 10.2 Å². The van der Waals surface area contributed by atoms with Gasteiger partial charge in [-0.2, -0.15) is 0 Å². The molecule has 0 aromatic heterocycles. The largest absolute Gasteiger partial charge is 0.779 e. The Hall–Kier alpha value is -1.16. The lowest BCUT2D eigenvalue weighted by Gasteiger charge is -2.22. The third kappa shape index (κ3) is 48.6. The van der Waals surface area contributed by atoms with Gasteiger partial charge in [-0.05, 0) is 51.9 Å². The number of benzene rings is 1. The summed E-state index contributed by atoms with van der Waals surface area (Å²) < 4.78 is 12.6. The van der Waals surface area contributed by atoms with Crippen molar-refractivity contribution >= 4 is 13.9 Å². The van der Waals surface area contributed by atoms with E-state index in [1.807, 2.05) is 20.8 Å². The fourth-order valence-corrected chi connectivity index (χ4v) is 3.82. The first-order valence-electron chi connectivity index (χ1n) is 15.8. The predicted molar refractivity (Wildman–Crippen MR) is 187 cm³/mol. The van der Waals surface area contributed by atoms with Crippen LogP contribution in [0.4, 0.5) is 0 Å². The lowest BCUT2D eigenvalue weighted by atomic mass is 9.87. The van der Waals surface area contributed by atoms with Gasteiger partial charge < -0.3 is 14.4 Å². The molecule has 0 aliphatic carbocycles. The summed E-state index contributed by atoms with van der Waals surface area (Å²) in [4.78, 5) is 18.6. The Morgan fingerprint density at radius 3 is 1.40 bits per heavy atom. The van der Waals surface area contributed by atoms with Gasteiger partial charge >= 0.3 is 0 Å². The van der Waals surface area contributed by atoms with E-state index >= 15 is 0 Å². The first kappa shape index (κ1) is 45.3. The van der Waals surface area contributed by atoms with Crippen LogP contribution in [0, 0.1) is 21.7 Å². The zero-order valence-electron chi connectivity index (χ0n) is 31.1. The van der Waals surface area contributed by atoms with Crippen LogP contribution in [0.1, 0.15) is 143 Å². The minimum Gasteiger partial charge on any atom is -0.779 e. The van der Waals surface area contributed by atoms with Crippen LogP contribution in [0.25, 0.3) is 0 Å². The number of rotatable bonds is 5. The van der Waals surface area contributed by atoms with Gasteiger partial charge in [-0.15, -0.1) is 0 Å². The highest BCUT2D eigenvalue weighted by molar-refractivity contribution is 7.50. The number of nitrogens with zero attached hydrogens (tertiary/aromatic N) is 1. The second kappa shape index (κ2) is 20.0. The molecule has 1 heterocycles. The molecule has 1 aliphatic rings. The quantitative estimate of drug-likeness (QED) is 0.256. The summed E-state index contributed by atoms with van der Waals surface area (Å²) in [5.74, 6) is 0.